The first-order valence-electron chi connectivity index (χ1n) is 19.5. The van der Waals surface area contributed by atoms with Crippen LogP contribution in [0.3, 0.4) is 0 Å². The Kier molecular flexibility index (Phi) is 7.16. The number of nitrogens with zero attached hydrogens (tertiary/aromatic N) is 4. The zero-order chi connectivity index (χ0) is 38.2. The van der Waals surface area contributed by atoms with Crippen LogP contribution in [0.2, 0.25) is 0 Å². The van der Waals surface area contributed by atoms with E-state index < -0.39 is 0 Å². The number of aromatic nitrogens is 4. The van der Waals surface area contributed by atoms with Gasteiger partial charge in [0, 0.05) is 32.7 Å². The van der Waals surface area contributed by atoms with E-state index in [0.717, 1.165) is 71.9 Å². The summed E-state index contributed by atoms with van der Waals surface area (Å²) in [4.78, 5) is 15.7. The topological polar surface area (TPSA) is 56.7 Å². The fourth-order valence-corrected chi connectivity index (χ4v) is 8.66. The van der Waals surface area contributed by atoms with E-state index in [0.29, 0.717) is 17.6 Å². The molecule has 270 valence electrons. The van der Waals surface area contributed by atoms with Gasteiger partial charge < -0.3 is 4.42 Å². The monoisotopic (exact) mass is 740 g/mol. The Morgan fingerprint density at radius 3 is 1.60 bits per heavy atom. The molecule has 3 heterocycles. The Bertz CT molecular complexity index is 3380. The predicted octanol–water partition coefficient (Wildman–Crippen LogP) is 13.8. The summed E-state index contributed by atoms with van der Waals surface area (Å²) in [6.45, 7) is 0. The first-order chi connectivity index (χ1) is 28.7. The zero-order valence-electron chi connectivity index (χ0n) is 31.2. The fraction of sp³-hybridized carbons (Fsp3) is 0. The minimum absolute atomic E-state index is 0.573. The molecule has 5 heteroatoms. The second-order valence-corrected chi connectivity index (χ2v) is 14.8. The number of rotatable bonds is 6. The van der Waals surface area contributed by atoms with Crippen LogP contribution in [0, 0.1) is 0 Å². The molecular weight excluding hydrogens is 709 g/mol. The molecule has 3 aromatic heterocycles. The summed E-state index contributed by atoms with van der Waals surface area (Å²) in [7, 11) is 0. The van der Waals surface area contributed by atoms with Crippen LogP contribution in [0.25, 0.3) is 117 Å². The van der Waals surface area contributed by atoms with Gasteiger partial charge in [-0.05, 0) is 74.5 Å². The first kappa shape index (κ1) is 32.4. The largest absolute Gasteiger partial charge is 0.456 e. The fourth-order valence-electron chi connectivity index (χ4n) is 8.66. The molecule has 0 atom stereocenters. The van der Waals surface area contributed by atoms with Crippen molar-refractivity contribution in [3.8, 4) is 62.1 Å². The van der Waals surface area contributed by atoms with Crippen molar-refractivity contribution >= 4 is 54.5 Å². The van der Waals surface area contributed by atoms with Gasteiger partial charge in [0.15, 0.2) is 11.6 Å². The van der Waals surface area contributed by atoms with Crippen molar-refractivity contribution in [2.75, 3.05) is 0 Å². The summed E-state index contributed by atoms with van der Waals surface area (Å²) in [6.07, 6.45) is 0. The smallest absolute Gasteiger partial charge is 0.238 e. The van der Waals surface area contributed by atoms with Crippen molar-refractivity contribution in [3.05, 3.63) is 194 Å². The Labute approximate surface area is 333 Å². The molecule has 0 unspecified atom stereocenters. The van der Waals surface area contributed by atoms with Gasteiger partial charge in [0.05, 0.1) is 11.0 Å². The van der Waals surface area contributed by atoms with Gasteiger partial charge in [-0.25, -0.2) is 4.98 Å². The average Bonchev–Trinajstić information content (AvgIpc) is 3.85. The molecule has 0 saturated heterocycles. The van der Waals surface area contributed by atoms with Crippen LogP contribution in [0.4, 0.5) is 0 Å². The van der Waals surface area contributed by atoms with Crippen LogP contribution in [0.5, 0.6) is 0 Å². The maximum atomic E-state index is 6.19. The summed E-state index contributed by atoms with van der Waals surface area (Å²) in [5.74, 6) is 1.80. The van der Waals surface area contributed by atoms with E-state index in [1.54, 1.807) is 0 Å². The average molecular weight is 741 g/mol. The van der Waals surface area contributed by atoms with Crippen LogP contribution < -0.4 is 0 Å². The predicted molar refractivity (Wildman–Crippen MR) is 237 cm³/mol. The molecule has 58 heavy (non-hydrogen) atoms. The minimum Gasteiger partial charge on any atom is -0.456 e. The van der Waals surface area contributed by atoms with E-state index in [1.807, 2.05) is 24.3 Å². The van der Waals surface area contributed by atoms with Gasteiger partial charge in [-0.1, -0.05) is 164 Å². The van der Waals surface area contributed by atoms with Gasteiger partial charge in [-0.2, -0.15) is 9.97 Å². The van der Waals surface area contributed by atoms with Crippen molar-refractivity contribution in [2.45, 2.75) is 0 Å². The molecule has 0 spiro atoms. The zero-order valence-corrected chi connectivity index (χ0v) is 31.2. The number of hydrogen-bond acceptors (Lipinski definition) is 4. The summed E-state index contributed by atoms with van der Waals surface area (Å²) in [5, 5.41) is 6.95. The Hall–Kier alpha value is -7.89. The van der Waals surface area contributed by atoms with Gasteiger partial charge in [-0.15, -0.1) is 0 Å². The van der Waals surface area contributed by atoms with Crippen molar-refractivity contribution in [1.82, 2.24) is 19.5 Å². The van der Waals surface area contributed by atoms with Gasteiger partial charge in [-0.3, -0.25) is 4.57 Å². The molecule has 0 fully saturated rings. The third-order valence-electron chi connectivity index (χ3n) is 11.5. The molecule has 0 saturated carbocycles. The minimum atomic E-state index is 0.573. The van der Waals surface area contributed by atoms with E-state index in [4.69, 9.17) is 19.4 Å². The van der Waals surface area contributed by atoms with Crippen LogP contribution in [0.15, 0.2) is 199 Å². The highest BCUT2D eigenvalue weighted by Gasteiger charge is 2.22. The molecule has 0 aliphatic carbocycles. The number of hydrogen-bond donors (Lipinski definition) is 0. The summed E-state index contributed by atoms with van der Waals surface area (Å²) < 4.78 is 8.40. The standard InChI is InChI=1S/C53H32N4O/c1-3-10-33(11-4-1)35-18-22-38(23-19-35)51-54-52(39-24-20-36(21-25-39)34-12-5-2-6-13-34)56-53(55-51)57-45-16-9-14-37-26-28-43-41(29-30-46(57)50(43)49(37)45)40-27-31-48-44(32-40)42-15-7-8-17-47(42)58-48/h1-32H. The summed E-state index contributed by atoms with van der Waals surface area (Å²) in [5.41, 5.74) is 12.6. The lowest BCUT2D eigenvalue weighted by Crippen LogP contribution is -2.06. The molecule has 0 bridgehead atoms. The lowest BCUT2D eigenvalue weighted by Gasteiger charge is -2.12. The molecular formula is C53H32N4O. The molecule has 0 amide bonds. The number of furan rings is 1. The molecule has 9 aromatic carbocycles. The van der Waals surface area contributed by atoms with E-state index in [-0.39, 0.29) is 0 Å². The normalized spacial score (nSPS) is 11.8. The molecule has 5 nitrogen and oxygen atoms in total. The van der Waals surface area contributed by atoms with Crippen molar-refractivity contribution in [2.24, 2.45) is 0 Å². The SMILES string of the molecule is c1ccc(-c2ccc(-c3nc(-c4ccc(-c5ccccc5)cc4)nc(-n4c5cccc6ccc7c(-c8ccc9oc%10ccccc%10c9c8)ccc4c7c65)n3)cc2)cc1. The Morgan fingerprint density at radius 2 is 0.914 bits per heavy atom. The lowest BCUT2D eigenvalue weighted by molar-refractivity contribution is 0.669. The third-order valence-corrected chi connectivity index (χ3v) is 11.5. The second-order valence-electron chi connectivity index (χ2n) is 14.8. The van der Waals surface area contributed by atoms with Crippen molar-refractivity contribution < 1.29 is 4.42 Å². The number of para-hydroxylation sites is 1. The van der Waals surface area contributed by atoms with Crippen LogP contribution in [0.1, 0.15) is 0 Å². The van der Waals surface area contributed by atoms with Crippen LogP contribution in [-0.4, -0.2) is 19.5 Å². The summed E-state index contributed by atoms with van der Waals surface area (Å²) >= 11 is 0. The van der Waals surface area contributed by atoms with Gasteiger partial charge in [0.25, 0.3) is 0 Å². The lowest BCUT2D eigenvalue weighted by atomic mass is 9.94. The highest BCUT2D eigenvalue weighted by Crippen LogP contribution is 2.43. The highest BCUT2D eigenvalue weighted by molar-refractivity contribution is 6.26. The molecule has 12 aromatic rings. The molecule has 0 aliphatic heterocycles. The molecule has 0 radical (unpaired) electrons. The Balaban J connectivity index is 1.06. The van der Waals surface area contributed by atoms with Gasteiger partial charge in [0.1, 0.15) is 11.2 Å². The maximum Gasteiger partial charge on any atom is 0.238 e. The Morgan fingerprint density at radius 1 is 0.345 bits per heavy atom. The third kappa shape index (κ3) is 5.14. The molecule has 12 rings (SSSR count). The molecule has 0 N–H and O–H groups in total. The highest BCUT2D eigenvalue weighted by atomic mass is 16.3. The first-order valence-corrected chi connectivity index (χ1v) is 19.5. The van der Waals surface area contributed by atoms with Crippen LogP contribution in [-0.2, 0) is 0 Å². The maximum absolute atomic E-state index is 6.19. The van der Waals surface area contributed by atoms with E-state index >= 15 is 0 Å². The van der Waals surface area contributed by atoms with Crippen molar-refractivity contribution in [1.29, 1.82) is 0 Å². The van der Waals surface area contributed by atoms with E-state index in [1.165, 1.54) is 27.1 Å². The van der Waals surface area contributed by atoms with Crippen LogP contribution >= 0.6 is 0 Å². The second kappa shape index (κ2) is 12.8. The van der Waals surface area contributed by atoms with E-state index in [2.05, 4.69) is 174 Å². The quantitative estimate of drug-likeness (QED) is 0.159. The summed E-state index contributed by atoms with van der Waals surface area (Å²) in [6, 6.07) is 68.0. The van der Waals surface area contributed by atoms with Crippen molar-refractivity contribution in [3.63, 3.8) is 0 Å². The number of fused-ring (bicyclic) bond motifs is 3. The number of benzene rings is 9. The molecule has 0 aliphatic rings. The van der Waals surface area contributed by atoms with E-state index in [9.17, 15) is 0 Å². The van der Waals surface area contributed by atoms with Gasteiger partial charge in [0.2, 0.25) is 5.95 Å². The van der Waals surface area contributed by atoms with Gasteiger partial charge >= 0.3 is 0 Å².